The molecule has 0 heterocycles. The van der Waals surface area contributed by atoms with Gasteiger partial charge in [0.05, 0.1) is 6.26 Å². The monoisotopic (exact) mass is 328 g/mol. The zero-order valence-electron chi connectivity index (χ0n) is 12.5. The molecule has 0 aliphatic heterocycles. The zero-order valence-corrected chi connectivity index (χ0v) is 12.5. The lowest BCUT2D eigenvalue weighted by molar-refractivity contribution is -0.128. The van der Waals surface area contributed by atoms with E-state index in [2.05, 4.69) is 17.9 Å². The van der Waals surface area contributed by atoms with Gasteiger partial charge < -0.3 is 14.2 Å². The van der Waals surface area contributed by atoms with Gasteiger partial charge in [0.2, 0.25) is 0 Å². The number of hydrogen-bond acceptors (Lipinski definition) is 5. The fraction of sp³-hybridized carbons (Fsp3) is 0. The molecule has 0 aliphatic carbocycles. The molecule has 2 rings (SSSR count). The van der Waals surface area contributed by atoms with Crippen molar-refractivity contribution in [2.45, 2.75) is 0 Å². The predicted octanol–water partition coefficient (Wildman–Crippen LogP) is 4.24. The van der Waals surface area contributed by atoms with Crippen molar-refractivity contribution in [3.8, 4) is 22.6 Å². The van der Waals surface area contributed by atoms with Crippen LogP contribution in [0.2, 0.25) is 0 Å². The number of rotatable bonds is 5. The van der Waals surface area contributed by atoms with Gasteiger partial charge in [-0.1, -0.05) is 25.3 Å². The van der Waals surface area contributed by atoms with Crippen molar-refractivity contribution in [3.05, 3.63) is 73.8 Å². The van der Waals surface area contributed by atoms with Crippen molar-refractivity contribution in [2.75, 3.05) is 0 Å². The summed E-state index contributed by atoms with van der Waals surface area (Å²) < 4.78 is 28.3. The van der Waals surface area contributed by atoms with Gasteiger partial charge in [0.25, 0.3) is 0 Å². The van der Waals surface area contributed by atoms with Crippen LogP contribution in [0.3, 0.4) is 0 Å². The van der Waals surface area contributed by atoms with Gasteiger partial charge in [-0.3, -0.25) is 0 Å². The highest BCUT2D eigenvalue weighted by Gasteiger charge is 2.10. The van der Waals surface area contributed by atoms with E-state index in [0.717, 1.165) is 18.4 Å². The van der Waals surface area contributed by atoms with Crippen LogP contribution in [-0.2, 0) is 9.53 Å². The van der Waals surface area contributed by atoms with Gasteiger partial charge in [-0.15, -0.1) is 0 Å². The van der Waals surface area contributed by atoms with E-state index >= 15 is 0 Å². The number of esters is 1. The number of ether oxygens (including phenoxy) is 3. The molecule has 122 valence electrons. The van der Waals surface area contributed by atoms with Crippen molar-refractivity contribution in [1.29, 1.82) is 0 Å². The summed E-state index contributed by atoms with van der Waals surface area (Å²) >= 11 is 0. The van der Waals surface area contributed by atoms with Crippen LogP contribution in [0.25, 0.3) is 11.1 Å². The van der Waals surface area contributed by atoms with Gasteiger partial charge in [-0.25, -0.2) is 14.0 Å². The summed E-state index contributed by atoms with van der Waals surface area (Å²) in [5.41, 5.74) is 0.854. The molecule has 2 aromatic rings. The maximum atomic E-state index is 14.2. The Labute approximate surface area is 137 Å². The Balaban J connectivity index is 2.17. The van der Waals surface area contributed by atoms with Crippen molar-refractivity contribution in [3.63, 3.8) is 0 Å². The highest BCUT2D eigenvalue weighted by Crippen LogP contribution is 2.28. The lowest BCUT2D eigenvalue weighted by Gasteiger charge is -2.08. The van der Waals surface area contributed by atoms with Gasteiger partial charge in [0, 0.05) is 17.7 Å². The molecule has 0 amide bonds. The summed E-state index contributed by atoms with van der Waals surface area (Å²) in [7, 11) is 0. The van der Waals surface area contributed by atoms with E-state index in [4.69, 9.17) is 9.47 Å². The van der Waals surface area contributed by atoms with Gasteiger partial charge in [-0.2, -0.15) is 0 Å². The second-order valence-corrected chi connectivity index (χ2v) is 4.43. The number of carbonyl (C=O) groups excluding carboxylic acids is 2. The SMILES string of the molecule is C=COC(=O)Oc1ccc(-c2ccc(OC(=O)C=C)cc2)c(F)c1. The molecule has 0 radical (unpaired) electrons. The van der Waals surface area contributed by atoms with Gasteiger partial charge in [0.1, 0.15) is 17.3 Å². The zero-order chi connectivity index (χ0) is 17.5. The van der Waals surface area contributed by atoms with Crippen molar-refractivity contribution >= 4 is 12.1 Å². The predicted molar refractivity (Wildman–Crippen MR) is 85.0 cm³/mol. The fourth-order valence-corrected chi connectivity index (χ4v) is 1.84. The summed E-state index contributed by atoms with van der Waals surface area (Å²) in [6, 6.07) is 10.2. The molecule has 0 spiro atoms. The first kappa shape index (κ1) is 17.0. The summed E-state index contributed by atoms with van der Waals surface area (Å²) in [5, 5.41) is 0. The molecular weight excluding hydrogens is 315 g/mol. The molecule has 5 nitrogen and oxygen atoms in total. The normalized spacial score (nSPS) is 9.71. The molecule has 0 atom stereocenters. The molecule has 24 heavy (non-hydrogen) atoms. The Bertz CT molecular complexity index is 780. The Morgan fingerprint density at radius 2 is 1.62 bits per heavy atom. The van der Waals surface area contributed by atoms with Crippen LogP contribution >= 0.6 is 0 Å². The molecule has 0 unspecified atom stereocenters. The van der Waals surface area contributed by atoms with Crippen LogP contribution in [0, 0.1) is 5.82 Å². The Kier molecular flexibility index (Phi) is 5.46. The van der Waals surface area contributed by atoms with E-state index in [-0.39, 0.29) is 5.75 Å². The van der Waals surface area contributed by atoms with Gasteiger partial charge in [-0.05, 0) is 29.8 Å². The highest BCUT2D eigenvalue weighted by molar-refractivity contribution is 5.83. The number of halogens is 1. The average Bonchev–Trinajstić information content (AvgIpc) is 2.56. The second-order valence-electron chi connectivity index (χ2n) is 4.43. The molecular formula is C18H13FO5. The highest BCUT2D eigenvalue weighted by atomic mass is 19.1. The summed E-state index contributed by atoms with van der Waals surface area (Å²) in [4.78, 5) is 22.2. The first-order valence-electron chi connectivity index (χ1n) is 6.77. The van der Waals surface area contributed by atoms with Gasteiger partial charge in [0.15, 0.2) is 0 Å². The number of carbonyl (C=O) groups is 2. The molecule has 0 fully saturated rings. The molecule has 0 saturated carbocycles. The van der Waals surface area contributed by atoms with Gasteiger partial charge >= 0.3 is 12.1 Å². The van der Waals surface area contributed by atoms with Crippen molar-refractivity contribution < 1.29 is 28.2 Å². The minimum atomic E-state index is -1.01. The molecule has 0 aromatic heterocycles. The van der Waals surface area contributed by atoms with Crippen LogP contribution in [-0.4, -0.2) is 12.1 Å². The molecule has 0 saturated heterocycles. The van der Waals surface area contributed by atoms with E-state index in [9.17, 15) is 14.0 Å². The van der Waals surface area contributed by atoms with E-state index in [1.165, 1.54) is 24.3 Å². The largest absolute Gasteiger partial charge is 0.518 e. The van der Waals surface area contributed by atoms with E-state index in [0.29, 0.717) is 16.9 Å². The fourth-order valence-electron chi connectivity index (χ4n) is 1.84. The first-order valence-corrected chi connectivity index (χ1v) is 6.77. The number of benzene rings is 2. The summed E-state index contributed by atoms with van der Waals surface area (Å²) in [6.45, 7) is 6.51. The molecule has 0 aliphatic rings. The van der Waals surface area contributed by atoms with E-state index in [1.54, 1.807) is 12.1 Å². The third-order valence-electron chi connectivity index (χ3n) is 2.87. The minimum absolute atomic E-state index is 0.000340. The maximum Gasteiger partial charge on any atom is 0.518 e. The van der Waals surface area contributed by atoms with Crippen LogP contribution in [0.15, 0.2) is 68.0 Å². The lowest BCUT2D eigenvalue weighted by atomic mass is 10.0. The van der Waals surface area contributed by atoms with Crippen LogP contribution in [0.5, 0.6) is 11.5 Å². The van der Waals surface area contributed by atoms with E-state index in [1.807, 2.05) is 0 Å². The Morgan fingerprint density at radius 3 is 2.21 bits per heavy atom. The molecule has 0 bridgehead atoms. The molecule has 0 N–H and O–H groups in total. The second kappa shape index (κ2) is 7.73. The third-order valence-corrected chi connectivity index (χ3v) is 2.87. The topological polar surface area (TPSA) is 61.8 Å². The third kappa shape index (κ3) is 4.30. The van der Waals surface area contributed by atoms with Crippen LogP contribution < -0.4 is 9.47 Å². The maximum absolute atomic E-state index is 14.2. The Hall–Kier alpha value is -3.41. The van der Waals surface area contributed by atoms with E-state index < -0.39 is 17.9 Å². The first-order chi connectivity index (χ1) is 11.5. The molecule has 6 heteroatoms. The van der Waals surface area contributed by atoms with Crippen LogP contribution in [0.4, 0.5) is 9.18 Å². The standard InChI is InChI=1S/C18H13FO5/c1-3-17(20)23-13-7-5-12(6-8-13)15-10-9-14(11-16(15)19)24-18(21)22-4-2/h3-11H,1-2H2. The smallest absolute Gasteiger partial charge is 0.423 e. The quantitative estimate of drug-likeness (QED) is 0.270. The summed E-state index contributed by atoms with van der Waals surface area (Å²) in [5.74, 6) is -0.854. The molecule has 2 aromatic carbocycles. The summed E-state index contributed by atoms with van der Waals surface area (Å²) in [6.07, 6.45) is 0.947. The minimum Gasteiger partial charge on any atom is -0.423 e. The number of hydrogen-bond donors (Lipinski definition) is 0. The Morgan fingerprint density at radius 1 is 0.958 bits per heavy atom. The van der Waals surface area contributed by atoms with Crippen molar-refractivity contribution in [2.24, 2.45) is 0 Å². The van der Waals surface area contributed by atoms with Crippen molar-refractivity contribution in [1.82, 2.24) is 0 Å². The lowest BCUT2D eigenvalue weighted by Crippen LogP contribution is -2.06. The van der Waals surface area contributed by atoms with Crippen LogP contribution in [0.1, 0.15) is 0 Å². The average molecular weight is 328 g/mol.